The molecule has 0 saturated heterocycles. The first kappa shape index (κ1) is 16.6. The molecule has 0 unspecified atom stereocenters. The summed E-state index contributed by atoms with van der Waals surface area (Å²) in [5.74, 6) is 1.06. The molecular formula is C17H19ClFNO2. The molecule has 2 rings (SSSR count). The zero-order valence-electron chi connectivity index (χ0n) is 12.7. The normalized spacial score (nSPS) is 10.5. The third-order valence-electron chi connectivity index (χ3n) is 3.19. The molecule has 2 aromatic carbocycles. The Morgan fingerprint density at radius 1 is 1.09 bits per heavy atom. The number of ether oxygens (including phenoxy) is 2. The Hall–Kier alpha value is -1.78. The van der Waals surface area contributed by atoms with E-state index in [2.05, 4.69) is 5.32 Å². The second-order valence-corrected chi connectivity index (χ2v) is 5.16. The van der Waals surface area contributed by atoms with Gasteiger partial charge in [-0.15, -0.1) is 0 Å². The molecule has 118 valence electrons. The summed E-state index contributed by atoms with van der Waals surface area (Å²) in [6, 6.07) is 10.0. The van der Waals surface area contributed by atoms with Gasteiger partial charge in [-0.25, -0.2) is 4.39 Å². The molecule has 0 spiro atoms. The maximum absolute atomic E-state index is 12.9. The summed E-state index contributed by atoms with van der Waals surface area (Å²) in [4.78, 5) is 0. The lowest BCUT2D eigenvalue weighted by atomic mass is 10.1. The van der Waals surface area contributed by atoms with Crippen LogP contribution in [0.4, 0.5) is 4.39 Å². The minimum absolute atomic E-state index is 0.233. The van der Waals surface area contributed by atoms with Crippen molar-refractivity contribution in [2.75, 3.05) is 13.7 Å². The van der Waals surface area contributed by atoms with E-state index in [0.29, 0.717) is 36.2 Å². The molecule has 0 aromatic heterocycles. The predicted molar refractivity (Wildman–Crippen MR) is 86.1 cm³/mol. The summed E-state index contributed by atoms with van der Waals surface area (Å²) in [6.07, 6.45) is 0. The SMILES string of the molecule is CCOc1cc(CNCc2ccc(F)cc2)c(Cl)cc1OC. The van der Waals surface area contributed by atoms with Gasteiger partial charge >= 0.3 is 0 Å². The van der Waals surface area contributed by atoms with Crippen LogP contribution >= 0.6 is 11.6 Å². The number of halogens is 2. The lowest BCUT2D eigenvalue weighted by Crippen LogP contribution is -2.13. The van der Waals surface area contributed by atoms with Crippen LogP contribution in [0, 0.1) is 5.82 Å². The van der Waals surface area contributed by atoms with Crippen LogP contribution in [0.1, 0.15) is 18.1 Å². The van der Waals surface area contributed by atoms with Crippen molar-refractivity contribution in [3.63, 3.8) is 0 Å². The second kappa shape index (κ2) is 8.01. The van der Waals surface area contributed by atoms with Gasteiger partial charge in [-0.05, 0) is 36.2 Å². The molecule has 0 aliphatic carbocycles. The van der Waals surface area contributed by atoms with Crippen molar-refractivity contribution in [3.8, 4) is 11.5 Å². The molecule has 22 heavy (non-hydrogen) atoms. The number of hydrogen-bond acceptors (Lipinski definition) is 3. The van der Waals surface area contributed by atoms with Gasteiger partial charge in [0, 0.05) is 24.2 Å². The van der Waals surface area contributed by atoms with Gasteiger partial charge in [0.2, 0.25) is 0 Å². The second-order valence-electron chi connectivity index (χ2n) is 4.76. The standard InChI is InChI=1S/C17H19ClFNO2/c1-3-22-17-8-13(15(18)9-16(17)21-2)11-20-10-12-4-6-14(19)7-5-12/h4-9,20H,3,10-11H2,1-2H3. The van der Waals surface area contributed by atoms with Crippen molar-refractivity contribution < 1.29 is 13.9 Å². The number of hydrogen-bond donors (Lipinski definition) is 1. The highest BCUT2D eigenvalue weighted by molar-refractivity contribution is 6.31. The van der Waals surface area contributed by atoms with Gasteiger partial charge in [0.05, 0.1) is 13.7 Å². The largest absolute Gasteiger partial charge is 0.493 e. The van der Waals surface area contributed by atoms with E-state index in [4.69, 9.17) is 21.1 Å². The van der Waals surface area contributed by atoms with Gasteiger partial charge in [-0.2, -0.15) is 0 Å². The van der Waals surface area contributed by atoms with Crippen molar-refractivity contribution >= 4 is 11.6 Å². The Kier molecular flexibility index (Phi) is 6.04. The van der Waals surface area contributed by atoms with E-state index in [1.807, 2.05) is 13.0 Å². The molecule has 0 bridgehead atoms. The summed E-state index contributed by atoms with van der Waals surface area (Å²) in [5, 5.41) is 3.90. The van der Waals surface area contributed by atoms with Crippen molar-refractivity contribution in [2.24, 2.45) is 0 Å². The van der Waals surface area contributed by atoms with Gasteiger partial charge in [0.1, 0.15) is 5.82 Å². The molecule has 0 radical (unpaired) electrons. The van der Waals surface area contributed by atoms with E-state index in [9.17, 15) is 4.39 Å². The van der Waals surface area contributed by atoms with Gasteiger partial charge in [-0.3, -0.25) is 0 Å². The zero-order chi connectivity index (χ0) is 15.9. The van der Waals surface area contributed by atoms with Crippen LogP contribution in [0.5, 0.6) is 11.5 Å². The van der Waals surface area contributed by atoms with Crippen LogP contribution in [0.3, 0.4) is 0 Å². The first-order valence-electron chi connectivity index (χ1n) is 7.08. The van der Waals surface area contributed by atoms with Crippen molar-refractivity contribution in [3.05, 3.63) is 58.4 Å². The fraction of sp³-hybridized carbons (Fsp3) is 0.294. The fourth-order valence-electron chi connectivity index (χ4n) is 2.08. The van der Waals surface area contributed by atoms with Gasteiger partial charge in [-0.1, -0.05) is 23.7 Å². The van der Waals surface area contributed by atoms with E-state index >= 15 is 0 Å². The Labute approximate surface area is 135 Å². The predicted octanol–water partition coefficient (Wildman–Crippen LogP) is 4.18. The number of rotatable bonds is 7. The van der Waals surface area contributed by atoms with Crippen LogP contribution in [0.15, 0.2) is 36.4 Å². The molecular weight excluding hydrogens is 305 g/mol. The zero-order valence-corrected chi connectivity index (χ0v) is 13.4. The average molecular weight is 324 g/mol. The van der Waals surface area contributed by atoms with Crippen molar-refractivity contribution in [1.82, 2.24) is 5.32 Å². The summed E-state index contributed by atoms with van der Waals surface area (Å²) < 4.78 is 23.7. The molecule has 0 aliphatic heterocycles. The van der Waals surface area contributed by atoms with Gasteiger partial charge in [0.15, 0.2) is 11.5 Å². The summed E-state index contributed by atoms with van der Waals surface area (Å²) in [7, 11) is 1.58. The minimum Gasteiger partial charge on any atom is -0.493 e. The lowest BCUT2D eigenvalue weighted by molar-refractivity contribution is 0.310. The first-order valence-corrected chi connectivity index (χ1v) is 7.46. The Morgan fingerprint density at radius 3 is 2.45 bits per heavy atom. The monoisotopic (exact) mass is 323 g/mol. The average Bonchev–Trinajstić information content (AvgIpc) is 2.52. The van der Waals surface area contributed by atoms with Gasteiger partial charge < -0.3 is 14.8 Å². The van der Waals surface area contributed by atoms with E-state index in [1.54, 1.807) is 25.3 Å². The lowest BCUT2D eigenvalue weighted by Gasteiger charge is -2.13. The molecule has 3 nitrogen and oxygen atoms in total. The number of nitrogens with one attached hydrogen (secondary N) is 1. The van der Waals surface area contributed by atoms with Crippen molar-refractivity contribution in [1.29, 1.82) is 0 Å². The van der Waals surface area contributed by atoms with E-state index in [1.165, 1.54) is 12.1 Å². The van der Waals surface area contributed by atoms with E-state index in [0.717, 1.165) is 11.1 Å². The topological polar surface area (TPSA) is 30.5 Å². The number of methoxy groups -OCH3 is 1. The van der Waals surface area contributed by atoms with E-state index < -0.39 is 0 Å². The highest BCUT2D eigenvalue weighted by Crippen LogP contribution is 2.33. The summed E-state index contributed by atoms with van der Waals surface area (Å²) >= 11 is 6.26. The third kappa shape index (κ3) is 4.36. The number of benzene rings is 2. The Morgan fingerprint density at radius 2 is 1.82 bits per heavy atom. The Balaban J connectivity index is 2.02. The van der Waals surface area contributed by atoms with Crippen LogP contribution in [0.25, 0.3) is 0 Å². The summed E-state index contributed by atoms with van der Waals surface area (Å²) in [6.45, 7) is 3.69. The molecule has 2 aromatic rings. The highest BCUT2D eigenvalue weighted by atomic mass is 35.5. The maximum Gasteiger partial charge on any atom is 0.162 e. The minimum atomic E-state index is -0.233. The molecule has 0 fully saturated rings. The summed E-state index contributed by atoms with van der Waals surface area (Å²) in [5.41, 5.74) is 1.93. The fourth-order valence-corrected chi connectivity index (χ4v) is 2.30. The first-order chi connectivity index (χ1) is 10.6. The smallest absolute Gasteiger partial charge is 0.162 e. The molecule has 5 heteroatoms. The molecule has 0 amide bonds. The Bertz CT molecular complexity index is 617. The quantitative estimate of drug-likeness (QED) is 0.829. The third-order valence-corrected chi connectivity index (χ3v) is 3.54. The van der Waals surface area contributed by atoms with Crippen LogP contribution in [0.2, 0.25) is 5.02 Å². The maximum atomic E-state index is 12.9. The highest BCUT2D eigenvalue weighted by Gasteiger charge is 2.10. The van der Waals surface area contributed by atoms with Crippen molar-refractivity contribution in [2.45, 2.75) is 20.0 Å². The molecule has 0 atom stereocenters. The van der Waals surface area contributed by atoms with E-state index in [-0.39, 0.29) is 5.82 Å². The molecule has 0 heterocycles. The van der Waals surface area contributed by atoms with Crippen LogP contribution in [-0.2, 0) is 13.1 Å². The molecule has 0 saturated carbocycles. The van der Waals surface area contributed by atoms with Crippen LogP contribution < -0.4 is 14.8 Å². The molecule has 0 aliphatic rings. The van der Waals surface area contributed by atoms with Crippen LogP contribution in [-0.4, -0.2) is 13.7 Å². The molecule has 1 N–H and O–H groups in total. The van der Waals surface area contributed by atoms with Gasteiger partial charge in [0.25, 0.3) is 0 Å².